The van der Waals surface area contributed by atoms with Crippen molar-refractivity contribution in [3.05, 3.63) is 0 Å². The lowest BCUT2D eigenvalue weighted by molar-refractivity contribution is -0.104. The second-order valence-electron chi connectivity index (χ2n) is 2.62. The van der Waals surface area contributed by atoms with Crippen molar-refractivity contribution >= 4 is 11.9 Å². The Morgan fingerprint density at radius 1 is 1.11 bits per heavy atom. The number of halogens is 1. The molecule has 0 atom stereocenters. The topological polar surface area (TPSA) is 12.5 Å². The van der Waals surface area contributed by atoms with Gasteiger partial charge in [-0.25, -0.2) is 0 Å². The van der Waals surface area contributed by atoms with E-state index < -0.39 is 0 Å². The summed E-state index contributed by atoms with van der Waals surface area (Å²) in [5.74, 6) is 0. The molecule has 0 aromatic heterocycles. The lowest BCUT2D eigenvalue weighted by Gasteiger charge is -2.24. The maximum Gasteiger partial charge on any atom is 0.0840 e. The number of nitrogens with zero attached hydrogens (tertiary/aromatic N) is 1. The third-order valence-corrected chi connectivity index (χ3v) is 1.26. The summed E-state index contributed by atoms with van der Waals surface area (Å²) in [5, 5.41) is 1.72. The van der Waals surface area contributed by atoms with E-state index in [1.54, 1.807) is 5.06 Å². The molecule has 0 aromatic rings. The fourth-order valence-corrected chi connectivity index (χ4v) is 1.07. The van der Waals surface area contributed by atoms with Crippen LogP contribution in [0.5, 0.6) is 0 Å². The van der Waals surface area contributed by atoms with E-state index in [0.29, 0.717) is 12.1 Å². The minimum Gasteiger partial charge on any atom is -0.187 e. The van der Waals surface area contributed by atoms with Crippen molar-refractivity contribution in [2.75, 3.05) is 0 Å². The predicted molar refractivity (Wildman–Crippen MR) is 39.0 cm³/mol. The van der Waals surface area contributed by atoms with E-state index in [1.807, 2.05) is 27.7 Å². The summed E-state index contributed by atoms with van der Waals surface area (Å²) in [5.41, 5.74) is 0. The monoisotopic (exact) mass is 151 g/mol. The normalized spacial score (nSPS) is 12.0. The molecule has 0 aliphatic heterocycles. The molecular formula is C6H14ClNO. The van der Waals surface area contributed by atoms with Crippen LogP contribution in [0, 0.1) is 0 Å². The number of rotatable bonds is 3. The minimum absolute atomic E-state index is 0.336. The van der Waals surface area contributed by atoms with Gasteiger partial charge < -0.3 is 0 Å². The molecule has 0 N–H and O–H groups in total. The van der Waals surface area contributed by atoms with Crippen LogP contribution in [0.3, 0.4) is 0 Å². The van der Waals surface area contributed by atoms with E-state index in [9.17, 15) is 0 Å². The summed E-state index contributed by atoms with van der Waals surface area (Å²) in [6.45, 7) is 8.12. The van der Waals surface area contributed by atoms with Gasteiger partial charge in [0.15, 0.2) is 0 Å². The van der Waals surface area contributed by atoms with E-state index in [-0.39, 0.29) is 0 Å². The molecule has 0 aromatic carbocycles. The zero-order valence-corrected chi connectivity index (χ0v) is 7.14. The van der Waals surface area contributed by atoms with Crippen LogP contribution < -0.4 is 0 Å². The molecule has 3 heteroatoms. The van der Waals surface area contributed by atoms with Crippen molar-refractivity contribution in [1.29, 1.82) is 0 Å². The molecule has 9 heavy (non-hydrogen) atoms. The molecule has 0 rings (SSSR count). The molecule has 0 fully saturated rings. The van der Waals surface area contributed by atoms with Gasteiger partial charge in [-0.05, 0) is 27.7 Å². The Balaban J connectivity index is 3.68. The first-order valence-electron chi connectivity index (χ1n) is 3.16. The fraction of sp³-hybridized carbons (Fsp3) is 1.00. The summed E-state index contributed by atoms with van der Waals surface area (Å²) in [7, 11) is 0. The molecule has 0 aliphatic carbocycles. The first-order valence-corrected chi connectivity index (χ1v) is 3.47. The quantitative estimate of drug-likeness (QED) is 0.574. The van der Waals surface area contributed by atoms with Crippen molar-refractivity contribution in [3.63, 3.8) is 0 Å². The molecule has 0 saturated carbocycles. The van der Waals surface area contributed by atoms with Crippen LogP contribution in [-0.4, -0.2) is 17.1 Å². The molecule has 0 saturated heterocycles. The average molecular weight is 152 g/mol. The molecule has 0 spiro atoms. The average Bonchev–Trinajstić information content (AvgIpc) is 1.64. The SMILES string of the molecule is CC(C)N(OCl)C(C)C. The Morgan fingerprint density at radius 2 is 1.44 bits per heavy atom. The molecule has 0 unspecified atom stereocenters. The van der Waals surface area contributed by atoms with Crippen molar-refractivity contribution in [3.8, 4) is 0 Å². The van der Waals surface area contributed by atoms with Crippen LogP contribution in [0.2, 0.25) is 0 Å². The first-order chi connectivity index (χ1) is 4.09. The van der Waals surface area contributed by atoms with Gasteiger partial charge in [-0.1, -0.05) is 0 Å². The van der Waals surface area contributed by atoms with Crippen LogP contribution in [-0.2, 0) is 4.39 Å². The fourth-order valence-electron chi connectivity index (χ4n) is 0.756. The van der Waals surface area contributed by atoms with E-state index in [0.717, 1.165) is 0 Å². The Kier molecular flexibility index (Phi) is 4.19. The van der Waals surface area contributed by atoms with Gasteiger partial charge in [0, 0.05) is 12.1 Å². The standard InChI is InChI=1S/C6H14ClNO/c1-5(2)8(9-7)6(3)4/h5-6H,1-4H3. The summed E-state index contributed by atoms with van der Waals surface area (Å²) in [6, 6.07) is 0.671. The minimum atomic E-state index is 0.336. The largest absolute Gasteiger partial charge is 0.187 e. The highest BCUT2D eigenvalue weighted by Gasteiger charge is 2.12. The van der Waals surface area contributed by atoms with Crippen LogP contribution in [0.4, 0.5) is 0 Å². The van der Waals surface area contributed by atoms with Gasteiger partial charge in [-0.2, -0.15) is 9.45 Å². The number of hydrogen-bond donors (Lipinski definition) is 0. The number of hydrogen-bond acceptors (Lipinski definition) is 2. The van der Waals surface area contributed by atoms with Crippen molar-refractivity contribution in [1.82, 2.24) is 5.06 Å². The Hall–Kier alpha value is 0.210. The molecule has 0 bridgehead atoms. The Labute approximate surface area is 61.9 Å². The highest BCUT2D eigenvalue weighted by atomic mass is 35.5. The zero-order chi connectivity index (χ0) is 7.44. The molecular weight excluding hydrogens is 138 g/mol. The van der Waals surface area contributed by atoms with Crippen LogP contribution >= 0.6 is 11.9 Å². The molecule has 0 radical (unpaired) electrons. The third kappa shape index (κ3) is 3.04. The summed E-state index contributed by atoms with van der Waals surface area (Å²) < 4.78 is 4.58. The maximum atomic E-state index is 5.18. The maximum absolute atomic E-state index is 5.18. The second-order valence-corrected chi connectivity index (χ2v) is 2.75. The van der Waals surface area contributed by atoms with Crippen LogP contribution in [0.15, 0.2) is 0 Å². The van der Waals surface area contributed by atoms with Gasteiger partial charge in [0.05, 0.1) is 11.9 Å². The van der Waals surface area contributed by atoms with Crippen molar-refractivity contribution in [2.24, 2.45) is 0 Å². The zero-order valence-electron chi connectivity index (χ0n) is 6.39. The number of hydroxylamine groups is 2. The van der Waals surface area contributed by atoms with Crippen LogP contribution in [0.1, 0.15) is 27.7 Å². The van der Waals surface area contributed by atoms with Gasteiger partial charge >= 0.3 is 0 Å². The Bertz CT molecular complexity index is 67.5. The molecule has 0 aliphatic rings. The molecule has 2 nitrogen and oxygen atoms in total. The molecule has 56 valence electrons. The summed E-state index contributed by atoms with van der Waals surface area (Å²) in [6.07, 6.45) is 0. The van der Waals surface area contributed by atoms with Crippen LogP contribution in [0.25, 0.3) is 0 Å². The van der Waals surface area contributed by atoms with Gasteiger partial charge in [0.25, 0.3) is 0 Å². The van der Waals surface area contributed by atoms with Gasteiger partial charge in [-0.15, -0.1) is 0 Å². The Morgan fingerprint density at radius 3 is 1.44 bits per heavy atom. The highest BCUT2D eigenvalue weighted by Crippen LogP contribution is 2.06. The lowest BCUT2D eigenvalue weighted by Crippen LogP contribution is -2.34. The second kappa shape index (κ2) is 4.09. The third-order valence-electron chi connectivity index (χ3n) is 1.10. The highest BCUT2D eigenvalue weighted by molar-refractivity contribution is 6.07. The molecule has 0 heterocycles. The van der Waals surface area contributed by atoms with E-state index in [4.69, 9.17) is 11.9 Å². The summed E-state index contributed by atoms with van der Waals surface area (Å²) in [4.78, 5) is 0. The first kappa shape index (κ1) is 9.21. The van der Waals surface area contributed by atoms with E-state index in [1.165, 1.54) is 0 Å². The van der Waals surface area contributed by atoms with Crippen molar-refractivity contribution in [2.45, 2.75) is 39.8 Å². The smallest absolute Gasteiger partial charge is 0.0840 e. The molecule has 0 amide bonds. The van der Waals surface area contributed by atoms with Gasteiger partial charge in [0.1, 0.15) is 0 Å². The van der Waals surface area contributed by atoms with Gasteiger partial charge in [0.2, 0.25) is 0 Å². The van der Waals surface area contributed by atoms with E-state index >= 15 is 0 Å². The lowest BCUT2D eigenvalue weighted by atomic mass is 10.3. The van der Waals surface area contributed by atoms with E-state index in [2.05, 4.69) is 4.39 Å². The van der Waals surface area contributed by atoms with Crippen molar-refractivity contribution < 1.29 is 4.39 Å². The predicted octanol–water partition coefficient (Wildman–Crippen LogP) is 2.19. The summed E-state index contributed by atoms with van der Waals surface area (Å²) >= 11 is 5.18. The van der Waals surface area contributed by atoms with Gasteiger partial charge in [-0.3, -0.25) is 0 Å².